The Labute approximate surface area is 241 Å². The molecule has 2 aromatic rings. The Morgan fingerprint density at radius 1 is 0.884 bits per heavy atom. The first kappa shape index (κ1) is 32.5. The molecule has 2 heterocycles. The lowest BCUT2D eigenvalue weighted by Crippen LogP contribution is -2.55. The van der Waals surface area contributed by atoms with E-state index in [0.29, 0.717) is 12.1 Å². The molecular weight excluding hydrogens is 613 g/mol. The summed E-state index contributed by atoms with van der Waals surface area (Å²) in [7, 11) is -4.27. The molecule has 0 radical (unpaired) electrons. The number of hydrogen-bond donors (Lipinski definition) is 1. The highest BCUT2D eigenvalue weighted by Gasteiger charge is 2.73. The first-order valence-corrected chi connectivity index (χ1v) is 14.5. The summed E-state index contributed by atoms with van der Waals surface area (Å²) in [4.78, 5) is 26.8. The van der Waals surface area contributed by atoms with E-state index in [1.165, 1.54) is 9.80 Å². The van der Waals surface area contributed by atoms with E-state index in [0.717, 1.165) is 36.4 Å². The van der Waals surface area contributed by atoms with E-state index in [-0.39, 0.29) is 56.5 Å². The standard InChI is InChI=1S/C27H27F7N2O6S/c1-42-25(26(29,30)31,27(32,33)34)19-4-2-18(3-5-19)24(43(40,41)21-8-6-20(28)7-9-21)12-15-36(16-24)23(39)35-13-10-17(11-14-35)22(37)38/h2-9,17H,10-16H2,1H3,(H,37,38). The fraction of sp³-hybridized carbons (Fsp3) is 0.481. The third-order valence-corrected chi connectivity index (χ3v) is 10.7. The zero-order valence-electron chi connectivity index (χ0n) is 22.6. The van der Waals surface area contributed by atoms with Crippen molar-refractivity contribution in [1.82, 2.24) is 9.80 Å². The summed E-state index contributed by atoms with van der Waals surface area (Å²) in [5, 5.41) is 9.22. The summed E-state index contributed by atoms with van der Waals surface area (Å²) in [5.74, 6) is -2.40. The first-order valence-electron chi connectivity index (χ1n) is 13.0. The second-order valence-electron chi connectivity index (χ2n) is 10.5. The molecule has 2 amide bonds. The molecule has 16 heteroatoms. The van der Waals surface area contributed by atoms with Crippen molar-refractivity contribution in [2.45, 2.75) is 46.9 Å². The molecule has 4 rings (SSSR count). The van der Waals surface area contributed by atoms with Crippen LogP contribution in [0.1, 0.15) is 30.4 Å². The summed E-state index contributed by atoms with van der Waals surface area (Å²) in [6.07, 6.45) is -11.8. The van der Waals surface area contributed by atoms with Gasteiger partial charge in [-0.05, 0) is 49.1 Å². The summed E-state index contributed by atoms with van der Waals surface area (Å²) >= 11 is 0. The van der Waals surface area contributed by atoms with E-state index in [1.807, 2.05) is 0 Å². The molecule has 236 valence electrons. The minimum atomic E-state index is -5.93. The fourth-order valence-corrected chi connectivity index (χ4v) is 7.84. The normalized spacial score (nSPS) is 20.8. The van der Waals surface area contributed by atoms with Crippen LogP contribution >= 0.6 is 0 Å². The number of halogens is 7. The van der Waals surface area contributed by atoms with Crippen LogP contribution in [-0.4, -0.2) is 81.0 Å². The van der Waals surface area contributed by atoms with Gasteiger partial charge >= 0.3 is 24.4 Å². The lowest BCUT2D eigenvalue weighted by molar-refractivity contribution is -0.383. The van der Waals surface area contributed by atoms with Gasteiger partial charge in [-0.15, -0.1) is 0 Å². The number of carboxylic acid groups (broad SMARTS) is 1. The van der Waals surface area contributed by atoms with Crippen molar-refractivity contribution in [1.29, 1.82) is 0 Å². The number of benzene rings is 2. The molecule has 1 atom stereocenters. The molecule has 0 aromatic heterocycles. The molecule has 1 N–H and O–H groups in total. The molecule has 2 saturated heterocycles. The van der Waals surface area contributed by atoms with E-state index < -0.39 is 68.4 Å². The number of urea groups is 1. The monoisotopic (exact) mass is 640 g/mol. The fourth-order valence-electron chi connectivity index (χ4n) is 5.76. The Kier molecular flexibility index (Phi) is 8.52. The van der Waals surface area contributed by atoms with Gasteiger partial charge < -0.3 is 19.6 Å². The SMILES string of the molecule is COC(c1ccc(C2(S(=O)(=O)c3ccc(F)cc3)CCN(C(=O)N3CCC(C(=O)O)CC3)C2)cc1)(C(F)(F)F)C(F)(F)F. The topological polar surface area (TPSA) is 104 Å². The number of nitrogens with zero attached hydrogens (tertiary/aromatic N) is 2. The lowest BCUT2D eigenvalue weighted by atomic mass is 9.88. The van der Waals surface area contributed by atoms with Crippen LogP contribution in [-0.2, 0) is 29.7 Å². The number of ether oxygens (including phenoxy) is 1. The van der Waals surface area contributed by atoms with Crippen molar-refractivity contribution in [3.63, 3.8) is 0 Å². The maximum Gasteiger partial charge on any atom is 0.430 e. The number of piperidine rings is 1. The van der Waals surface area contributed by atoms with Crippen LogP contribution in [0.3, 0.4) is 0 Å². The number of sulfone groups is 1. The van der Waals surface area contributed by atoms with Gasteiger partial charge in [0.1, 0.15) is 10.6 Å². The lowest BCUT2D eigenvalue weighted by Gasteiger charge is -2.37. The highest BCUT2D eigenvalue weighted by Crippen LogP contribution is 2.53. The second kappa shape index (κ2) is 11.3. The number of carboxylic acids is 1. The van der Waals surface area contributed by atoms with Crippen LogP contribution in [0, 0.1) is 11.7 Å². The van der Waals surface area contributed by atoms with Crippen molar-refractivity contribution in [2.75, 3.05) is 33.3 Å². The Balaban J connectivity index is 1.76. The Morgan fingerprint density at radius 2 is 1.42 bits per heavy atom. The molecule has 0 spiro atoms. The molecule has 8 nitrogen and oxygen atoms in total. The minimum absolute atomic E-state index is 0.0900. The van der Waals surface area contributed by atoms with Gasteiger partial charge in [0.2, 0.25) is 0 Å². The van der Waals surface area contributed by atoms with Crippen LogP contribution in [0.25, 0.3) is 0 Å². The van der Waals surface area contributed by atoms with Crippen LogP contribution < -0.4 is 0 Å². The van der Waals surface area contributed by atoms with E-state index in [2.05, 4.69) is 4.74 Å². The summed E-state index contributed by atoms with van der Waals surface area (Å²) in [6.45, 7) is -0.482. The molecule has 2 aliphatic rings. The van der Waals surface area contributed by atoms with Gasteiger partial charge in [0.05, 0.1) is 10.8 Å². The van der Waals surface area contributed by atoms with E-state index >= 15 is 0 Å². The highest BCUT2D eigenvalue weighted by atomic mass is 32.2. The smallest absolute Gasteiger partial charge is 0.430 e. The van der Waals surface area contributed by atoms with Crippen molar-refractivity contribution in [3.8, 4) is 0 Å². The highest BCUT2D eigenvalue weighted by molar-refractivity contribution is 7.92. The number of carbonyl (C=O) groups excluding carboxylic acids is 1. The molecule has 0 aliphatic carbocycles. The molecule has 2 aromatic carbocycles. The molecule has 1 unspecified atom stereocenters. The van der Waals surface area contributed by atoms with E-state index in [4.69, 9.17) is 0 Å². The van der Waals surface area contributed by atoms with Crippen molar-refractivity contribution in [2.24, 2.45) is 5.92 Å². The number of carbonyl (C=O) groups is 2. The summed E-state index contributed by atoms with van der Waals surface area (Å²) in [5.41, 5.74) is -6.21. The van der Waals surface area contributed by atoms with Gasteiger partial charge in [0, 0.05) is 38.9 Å². The van der Waals surface area contributed by atoms with Crippen molar-refractivity contribution < 1.29 is 58.6 Å². The van der Waals surface area contributed by atoms with Crippen molar-refractivity contribution in [3.05, 3.63) is 65.5 Å². The first-order chi connectivity index (χ1) is 19.9. The number of hydrogen-bond acceptors (Lipinski definition) is 5. The van der Waals surface area contributed by atoms with Gasteiger partial charge in [-0.3, -0.25) is 4.79 Å². The average molecular weight is 641 g/mol. The number of amides is 2. The van der Waals surface area contributed by atoms with Gasteiger partial charge in [-0.1, -0.05) is 24.3 Å². The van der Waals surface area contributed by atoms with E-state index in [9.17, 15) is 53.8 Å². The molecule has 2 fully saturated rings. The number of rotatable bonds is 6. The maximum atomic E-state index is 14.1. The quantitative estimate of drug-likeness (QED) is 0.349. The van der Waals surface area contributed by atoms with Crippen LogP contribution in [0.5, 0.6) is 0 Å². The third-order valence-electron chi connectivity index (χ3n) is 8.18. The number of likely N-dealkylation sites (tertiary alicyclic amines) is 2. The van der Waals surface area contributed by atoms with E-state index in [1.54, 1.807) is 0 Å². The number of alkyl halides is 6. The van der Waals surface area contributed by atoms with Crippen LogP contribution in [0.15, 0.2) is 53.4 Å². The van der Waals surface area contributed by atoms with Crippen molar-refractivity contribution >= 4 is 21.8 Å². The van der Waals surface area contributed by atoms with Gasteiger partial charge in [0.25, 0.3) is 5.60 Å². The molecule has 43 heavy (non-hydrogen) atoms. The zero-order valence-corrected chi connectivity index (χ0v) is 23.4. The predicted molar refractivity (Wildman–Crippen MR) is 136 cm³/mol. The third kappa shape index (κ3) is 5.43. The second-order valence-corrected chi connectivity index (χ2v) is 12.7. The average Bonchev–Trinajstić information content (AvgIpc) is 3.40. The molecule has 2 aliphatic heterocycles. The Morgan fingerprint density at radius 3 is 1.88 bits per heavy atom. The molecule has 0 saturated carbocycles. The molecular formula is C27H27F7N2O6S. The maximum absolute atomic E-state index is 14.1. The predicted octanol–water partition coefficient (Wildman–Crippen LogP) is 5.08. The minimum Gasteiger partial charge on any atom is -0.481 e. The van der Waals surface area contributed by atoms with Gasteiger partial charge in [-0.25, -0.2) is 17.6 Å². The van der Waals surface area contributed by atoms with Crippen LogP contribution in [0.4, 0.5) is 35.5 Å². The van der Waals surface area contributed by atoms with Gasteiger partial charge in [0.15, 0.2) is 9.84 Å². The summed E-state index contributed by atoms with van der Waals surface area (Å²) in [6, 6.07) is 5.76. The Bertz CT molecular complexity index is 1440. The number of methoxy groups -OCH3 is 1. The van der Waals surface area contributed by atoms with Gasteiger partial charge in [-0.2, -0.15) is 26.3 Å². The Hall–Kier alpha value is -3.40. The summed E-state index contributed by atoms with van der Waals surface area (Å²) < 4.78 is 127. The zero-order chi connectivity index (χ0) is 32.0. The largest absolute Gasteiger partial charge is 0.481 e. The van der Waals surface area contributed by atoms with Crippen LogP contribution in [0.2, 0.25) is 0 Å². The number of aliphatic carboxylic acids is 1. The molecule has 0 bridgehead atoms.